The maximum absolute atomic E-state index is 13.0. The van der Waals surface area contributed by atoms with Gasteiger partial charge >= 0.3 is 5.97 Å². The van der Waals surface area contributed by atoms with Gasteiger partial charge in [-0.05, 0) is 44.0 Å². The minimum absolute atomic E-state index is 0.259. The molecule has 0 aliphatic carbocycles. The lowest BCUT2D eigenvalue weighted by atomic mass is 9.95. The van der Waals surface area contributed by atoms with Crippen LogP contribution in [0.5, 0.6) is 0 Å². The lowest BCUT2D eigenvalue weighted by Crippen LogP contribution is -2.60. The third-order valence-corrected chi connectivity index (χ3v) is 7.24. The summed E-state index contributed by atoms with van der Waals surface area (Å²) in [5, 5.41) is 0. The van der Waals surface area contributed by atoms with Gasteiger partial charge in [0.1, 0.15) is 17.6 Å². The minimum Gasteiger partial charge on any atom is -0.456 e. The van der Waals surface area contributed by atoms with Crippen molar-refractivity contribution in [3.63, 3.8) is 0 Å². The predicted octanol–water partition coefficient (Wildman–Crippen LogP) is 5.83. The van der Waals surface area contributed by atoms with Crippen molar-refractivity contribution in [1.82, 2.24) is 0 Å². The Morgan fingerprint density at radius 1 is 0.789 bits per heavy atom. The van der Waals surface area contributed by atoms with E-state index in [0.29, 0.717) is 12.9 Å². The van der Waals surface area contributed by atoms with Gasteiger partial charge in [0, 0.05) is 4.90 Å². The number of benzene rings is 3. The molecule has 0 spiro atoms. The molecule has 0 radical (unpaired) electrons. The highest BCUT2D eigenvalue weighted by atomic mass is 32.2. The molecule has 3 aromatic carbocycles. The Labute approximate surface area is 228 Å². The van der Waals surface area contributed by atoms with Gasteiger partial charge in [0.2, 0.25) is 0 Å². The fourth-order valence-corrected chi connectivity index (χ4v) is 5.14. The van der Waals surface area contributed by atoms with Crippen molar-refractivity contribution in [2.75, 3.05) is 0 Å². The summed E-state index contributed by atoms with van der Waals surface area (Å²) in [7, 11) is 0. The summed E-state index contributed by atoms with van der Waals surface area (Å²) >= 11 is 1.45. The van der Waals surface area contributed by atoms with E-state index in [-0.39, 0.29) is 6.61 Å². The van der Waals surface area contributed by atoms with Crippen LogP contribution < -0.4 is 0 Å². The van der Waals surface area contributed by atoms with E-state index in [1.165, 1.54) is 11.8 Å². The van der Waals surface area contributed by atoms with Gasteiger partial charge < -0.3 is 23.7 Å². The summed E-state index contributed by atoms with van der Waals surface area (Å²) < 4.78 is 25.1. The van der Waals surface area contributed by atoms with Crippen LogP contribution in [0.2, 0.25) is 0 Å². The summed E-state index contributed by atoms with van der Waals surface area (Å²) in [6.07, 6.45) is -2.70. The summed E-state index contributed by atoms with van der Waals surface area (Å²) in [5.74, 6) is -0.442. The van der Waals surface area contributed by atoms with Gasteiger partial charge in [0.15, 0.2) is 18.5 Å². The van der Waals surface area contributed by atoms with Gasteiger partial charge in [-0.25, -0.2) is 0 Å². The zero-order valence-electron chi connectivity index (χ0n) is 21.9. The Morgan fingerprint density at radius 2 is 1.29 bits per heavy atom. The molecule has 5 atom stereocenters. The predicted molar refractivity (Wildman–Crippen MR) is 146 cm³/mol. The van der Waals surface area contributed by atoms with Gasteiger partial charge in [0.05, 0.1) is 18.6 Å². The topological polar surface area (TPSA) is 71.1 Å². The number of rotatable bonds is 10. The normalized spacial score (nSPS) is 23.5. The van der Waals surface area contributed by atoms with Crippen LogP contribution in [-0.4, -0.2) is 42.1 Å². The summed E-state index contributed by atoms with van der Waals surface area (Å²) in [4.78, 5) is 26.2. The van der Waals surface area contributed by atoms with E-state index >= 15 is 0 Å². The first-order chi connectivity index (χ1) is 18.3. The molecule has 6 nitrogen and oxygen atoms in total. The van der Waals surface area contributed by atoms with Crippen LogP contribution in [0.4, 0.5) is 0 Å². The SMILES string of the molecule is CC(C)(C)C(=O)O[C@H]1[C@H](OCc2ccccc2)[C@H](OCc2ccccc2)[C@@H](Sc2ccccc2)O[C@@H]1C=O. The molecule has 1 heterocycles. The smallest absolute Gasteiger partial charge is 0.311 e. The van der Waals surface area contributed by atoms with Crippen LogP contribution in [0.1, 0.15) is 31.9 Å². The van der Waals surface area contributed by atoms with Crippen LogP contribution >= 0.6 is 11.8 Å². The number of aldehydes is 1. The molecule has 38 heavy (non-hydrogen) atoms. The van der Waals surface area contributed by atoms with E-state index in [1.54, 1.807) is 20.8 Å². The number of hydrogen-bond acceptors (Lipinski definition) is 7. The van der Waals surface area contributed by atoms with Gasteiger partial charge in [-0.3, -0.25) is 4.79 Å². The summed E-state index contributed by atoms with van der Waals surface area (Å²) in [5.41, 5.74) is 0.588. The molecule has 0 unspecified atom stereocenters. The molecular formula is C31H34O6S. The highest BCUT2D eigenvalue weighted by molar-refractivity contribution is 7.99. The molecule has 0 amide bonds. The van der Waals surface area contributed by atoms with Gasteiger partial charge in [-0.2, -0.15) is 0 Å². The van der Waals surface area contributed by atoms with Crippen molar-refractivity contribution in [1.29, 1.82) is 0 Å². The second kappa shape index (κ2) is 13.2. The molecule has 1 aliphatic heterocycles. The monoisotopic (exact) mass is 534 g/mol. The third-order valence-electron chi connectivity index (χ3n) is 6.09. The molecular weight excluding hydrogens is 500 g/mol. The van der Waals surface area contributed by atoms with Crippen molar-refractivity contribution in [3.8, 4) is 0 Å². The van der Waals surface area contributed by atoms with Crippen molar-refractivity contribution >= 4 is 24.0 Å². The van der Waals surface area contributed by atoms with Gasteiger partial charge in [0.25, 0.3) is 0 Å². The van der Waals surface area contributed by atoms with Crippen molar-refractivity contribution in [3.05, 3.63) is 102 Å². The number of hydrogen-bond donors (Lipinski definition) is 0. The fourth-order valence-electron chi connectivity index (χ4n) is 4.01. The summed E-state index contributed by atoms with van der Waals surface area (Å²) in [6, 6.07) is 29.3. The molecule has 1 aliphatic rings. The molecule has 7 heteroatoms. The average molecular weight is 535 g/mol. The zero-order chi connectivity index (χ0) is 27.0. The largest absolute Gasteiger partial charge is 0.456 e. The van der Waals surface area contributed by atoms with E-state index in [4.69, 9.17) is 18.9 Å². The molecule has 0 N–H and O–H groups in total. The first-order valence-corrected chi connectivity index (χ1v) is 13.6. The Hall–Kier alpha value is -2.97. The van der Waals surface area contributed by atoms with Crippen molar-refractivity contribution in [2.45, 2.75) is 68.7 Å². The molecule has 1 fully saturated rings. The minimum atomic E-state index is -1.01. The number of thioether (sulfide) groups is 1. The van der Waals surface area contributed by atoms with Crippen molar-refractivity contribution in [2.24, 2.45) is 5.41 Å². The van der Waals surface area contributed by atoms with Crippen LogP contribution in [0.3, 0.4) is 0 Å². The van der Waals surface area contributed by atoms with E-state index in [9.17, 15) is 9.59 Å². The van der Waals surface area contributed by atoms with Crippen LogP contribution in [-0.2, 0) is 41.8 Å². The first kappa shape index (κ1) is 28.0. The Balaban J connectivity index is 1.67. The van der Waals surface area contributed by atoms with E-state index in [1.807, 2.05) is 91.0 Å². The average Bonchev–Trinajstić information content (AvgIpc) is 2.93. The van der Waals surface area contributed by atoms with Crippen LogP contribution in [0.25, 0.3) is 0 Å². The number of carbonyl (C=O) groups is 2. The first-order valence-electron chi connectivity index (χ1n) is 12.7. The Morgan fingerprint density at radius 3 is 1.79 bits per heavy atom. The Kier molecular flexibility index (Phi) is 9.74. The van der Waals surface area contributed by atoms with E-state index < -0.39 is 41.2 Å². The second-order valence-electron chi connectivity index (χ2n) is 10.2. The molecule has 4 rings (SSSR count). The van der Waals surface area contributed by atoms with Gasteiger partial charge in [-0.15, -0.1) is 0 Å². The maximum atomic E-state index is 13.0. The molecule has 1 saturated heterocycles. The second-order valence-corrected chi connectivity index (χ2v) is 11.4. The Bertz CT molecular complexity index is 1150. The number of esters is 1. The van der Waals surface area contributed by atoms with E-state index in [2.05, 4.69) is 0 Å². The lowest BCUT2D eigenvalue weighted by Gasteiger charge is -2.44. The van der Waals surface area contributed by atoms with E-state index in [0.717, 1.165) is 16.0 Å². The maximum Gasteiger partial charge on any atom is 0.311 e. The standard InChI is InChI=1S/C31H34O6S/c1-31(2,3)30(33)37-26-25(19-32)36-29(38-24-17-11-6-12-18-24)28(35-21-23-15-9-5-10-16-23)27(26)34-20-22-13-7-4-8-14-22/h4-19,25-29H,20-21H2,1-3H3/t25-,26-,27+,28+,29-/m1/s1. The lowest BCUT2D eigenvalue weighted by molar-refractivity contribution is -0.237. The quantitative estimate of drug-likeness (QED) is 0.239. The number of carbonyl (C=O) groups excluding carboxylic acids is 2. The molecule has 0 bridgehead atoms. The zero-order valence-corrected chi connectivity index (χ0v) is 22.7. The van der Waals surface area contributed by atoms with Crippen molar-refractivity contribution < 1.29 is 28.5 Å². The molecule has 200 valence electrons. The third kappa shape index (κ3) is 7.54. The summed E-state index contributed by atoms with van der Waals surface area (Å²) in [6.45, 7) is 5.87. The van der Waals surface area contributed by atoms with Crippen LogP contribution in [0, 0.1) is 5.41 Å². The van der Waals surface area contributed by atoms with Gasteiger partial charge in [-0.1, -0.05) is 90.6 Å². The highest BCUT2D eigenvalue weighted by Gasteiger charge is 2.50. The molecule has 0 saturated carbocycles. The molecule has 3 aromatic rings. The number of ether oxygens (including phenoxy) is 4. The molecule has 0 aromatic heterocycles. The fraction of sp³-hybridized carbons (Fsp3) is 0.355. The highest BCUT2D eigenvalue weighted by Crippen LogP contribution is 2.38. The van der Waals surface area contributed by atoms with Crippen LogP contribution in [0.15, 0.2) is 95.9 Å².